The Bertz CT molecular complexity index is 1150. The van der Waals surface area contributed by atoms with E-state index in [0.29, 0.717) is 12.3 Å². The predicted molar refractivity (Wildman–Crippen MR) is 161 cm³/mol. The zero-order valence-corrected chi connectivity index (χ0v) is 27.1. The molecule has 6 rings (SSSR count). The molecule has 8 heteroatoms. The van der Waals surface area contributed by atoms with E-state index in [1.54, 1.807) is 0 Å². The van der Waals surface area contributed by atoms with Crippen LogP contribution >= 0.6 is 0 Å². The summed E-state index contributed by atoms with van der Waals surface area (Å²) in [4.78, 5) is 12.9. The first-order valence-corrected chi connectivity index (χ1v) is 16.9. The second-order valence-corrected chi connectivity index (χ2v) is 17.3. The fourth-order valence-electron chi connectivity index (χ4n) is 11.9. The van der Waals surface area contributed by atoms with Crippen LogP contribution in [-0.4, -0.2) is 75.4 Å². The number of aliphatic carboxylic acids is 1. The van der Waals surface area contributed by atoms with Crippen LogP contribution in [0.4, 0.5) is 0 Å². The fraction of sp³-hybridized carbons (Fsp3) is 0.914. The number of ether oxygens (including phenoxy) is 2. The van der Waals surface area contributed by atoms with Crippen molar-refractivity contribution >= 4 is 5.97 Å². The molecule has 0 radical (unpaired) electrons. The van der Waals surface area contributed by atoms with E-state index in [0.717, 1.165) is 57.8 Å². The molecule has 6 aliphatic rings. The van der Waals surface area contributed by atoms with E-state index < -0.39 is 41.4 Å². The van der Waals surface area contributed by atoms with Crippen LogP contribution in [0.5, 0.6) is 0 Å². The average Bonchev–Trinajstić information content (AvgIpc) is 2.94. The topological polar surface area (TPSA) is 137 Å². The number of aliphatic hydroxyl groups excluding tert-OH is 4. The van der Waals surface area contributed by atoms with Crippen LogP contribution in [-0.2, 0) is 14.3 Å². The first kappa shape index (κ1) is 31.9. The van der Waals surface area contributed by atoms with Gasteiger partial charge in [0.05, 0.1) is 24.7 Å². The number of fused-ring (bicyclic) bond motifs is 7. The van der Waals surface area contributed by atoms with E-state index in [1.807, 2.05) is 0 Å². The summed E-state index contributed by atoms with van der Waals surface area (Å²) in [6.45, 7) is 13.9. The number of carboxylic acids is 1. The van der Waals surface area contributed by atoms with E-state index in [4.69, 9.17) is 9.47 Å². The molecule has 5 fully saturated rings. The maximum atomic E-state index is 12.9. The summed E-state index contributed by atoms with van der Waals surface area (Å²) in [6, 6.07) is 0. The standard InChI is InChI=1S/C35H56O8/c1-30(2)13-15-35(29(40)41)16-14-33(5)20(21(35)17-30)7-8-24-31(3)11-10-25(43-28-27(39)26(38)22(37)18-42-28)32(4,19-36)23(31)9-12-34(24,33)6/h7,21-28,36-39H,8-19H2,1-6H3,(H,40,41)/t21-,22+,23-,24-,25+,26+,27+,28+,31+,32+,33-,34-,35+/m1/s1. The molecule has 0 spiro atoms. The van der Waals surface area contributed by atoms with Crippen molar-refractivity contribution in [1.29, 1.82) is 0 Å². The van der Waals surface area contributed by atoms with Gasteiger partial charge in [0.1, 0.15) is 18.3 Å². The number of carbonyl (C=O) groups is 1. The molecule has 1 aliphatic heterocycles. The largest absolute Gasteiger partial charge is 0.481 e. The van der Waals surface area contributed by atoms with Gasteiger partial charge >= 0.3 is 5.97 Å². The molecule has 1 saturated heterocycles. The molecule has 8 nitrogen and oxygen atoms in total. The number of carboxylic acid groups (broad SMARTS) is 1. The molecule has 244 valence electrons. The molecule has 0 aromatic carbocycles. The Morgan fingerprint density at radius 3 is 2.30 bits per heavy atom. The average molecular weight is 605 g/mol. The molecule has 0 unspecified atom stereocenters. The van der Waals surface area contributed by atoms with Crippen molar-refractivity contribution in [2.75, 3.05) is 13.2 Å². The van der Waals surface area contributed by atoms with Gasteiger partial charge in [-0.1, -0.05) is 53.2 Å². The normalized spacial score (nSPS) is 54.3. The van der Waals surface area contributed by atoms with Crippen LogP contribution in [0.2, 0.25) is 0 Å². The van der Waals surface area contributed by atoms with Gasteiger partial charge in [-0.15, -0.1) is 0 Å². The number of hydrogen-bond donors (Lipinski definition) is 5. The molecule has 5 aliphatic carbocycles. The molecule has 5 N–H and O–H groups in total. The van der Waals surface area contributed by atoms with E-state index in [1.165, 1.54) is 5.57 Å². The van der Waals surface area contributed by atoms with Crippen molar-refractivity contribution in [3.63, 3.8) is 0 Å². The number of allylic oxidation sites excluding steroid dienone is 2. The molecule has 43 heavy (non-hydrogen) atoms. The number of rotatable bonds is 4. The van der Waals surface area contributed by atoms with Crippen molar-refractivity contribution in [3.05, 3.63) is 11.6 Å². The molecule has 13 atom stereocenters. The van der Waals surface area contributed by atoms with Crippen LogP contribution in [0.1, 0.15) is 106 Å². The highest BCUT2D eigenvalue weighted by atomic mass is 16.7. The predicted octanol–water partition coefficient (Wildman–Crippen LogP) is 4.67. The zero-order valence-electron chi connectivity index (χ0n) is 27.1. The minimum atomic E-state index is -1.36. The van der Waals surface area contributed by atoms with Crippen molar-refractivity contribution in [2.24, 2.45) is 50.2 Å². The molecule has 0 bridgehead atoms. The Hall–Kier alpha value is -1.03. The molecular formula is C35H56O8. The summed E-state index contributed by atoms with van der Waals surface area (Å²) in [5.74, 6) is 0.0529. The third-order valence-corrected chi connectivity index (χ3v) is 14.9. The van der Waals surface area contributed by atoms with Gasteiger partial charge in [-0.05, 0) is 104 Å². The van der Waals surface area contributed by atoms with Crippen molar-refractivity contribution in [3.8, 4) is 0 Å². The lowest BCUT2D eigenvalue weighted by molar-refractivity contribution is -0.312. The van der Waals surface area contributed by atoms with Crippen molar-refractivity contribution in [2.45, 2.75) is 136 Å². The molecule has 0 amide bonds. The SMILES string of the molecule is CC1(C)CC[C@]2(C(=O)O)CC[C@]3(C)C(=CC[C@@H]4[C@@]5(C)CC[C@H](O[C@@H]6OC[C@H](O)[C@H](O)[C@@H]6O)[C@@](C)(CO)[C@@H]5CC[C@]43C)[C@H]2C1. The summed E-state index contributed by atoms with van der Waals surface area (Å²) < 4.78 is 12.0. The van der Waals surface area contributed by atoms with Crippen LogP contribution in [0.3, 0.4) is 0 Å². The number of hydrogen-bond acceptors (Lipinski definition) is 7. The van der Waals surface area contributed by atoms with Crippen molar-refractivity contribution < 1.29 is 39.8 Å². The maximum absolute atomic E-state index is 12.9. The van der Waals surface area contributed by atoms with Gasteiger partial charge < -0.3 is 35.0 Å². The lowest BCUT2D eigenvalue weighted by atomic mass is 9.33. The Kier molecular flexibility index (Phi) is 7.60. The van der Waals surface area contributed by atoms with Crippen LogP contribution in [0.15, 0.2) is 11.6 Å². The molecule has 1 heterocycles. The lowest BCUT2D eigenvalue weighted by Crippen LogP contribution is -2.66. The second-order valence-electron chi connectivity index (χ2n) is 17.3. The van der Waals surface area contributed by atoms with Gasteiger partial charge in [-0.3, -0.25) is 4.79 Å². The maximum Gasteiger partial charge on any atom is 0.310 e. The summed E-state index contributed by atoms with van der Waals surface area (Å²) in [7, 11) is 0. The Morgan fingerprint density at radius 2 is 1.63 bits per heavy atom. The molecular weight excluding hydrogens is 548 g/mol. The monoisotopic (exact) mass is 604 g/mol. The van der Waals surface area contributed by atoms with Crippen LogP contribution in [0, 0.1) is 50.2 Å². The molecule has 0 aromatic rings. The first-order valence-electron chi connectivity index (χ1n) is 16.9. The Balaban J connectivity index is 1.32. The van der Waals surface area contributed by atoms with Crippen LogP contribution < -0.4 is 0 Å². The Labute approximate surface area is 257 Å². The van der Waals surface area contributed by atoms with E-state index in [9.17, 15) is 30.3 Å². The third-order valence-electron chi connectivity index (χ3n) is 14.9. The minimum absolute atomic E-state index is 0.0154. The highest BCUT2D eigenvalue weighted by Crippen LogP contribution is 2.76. The van der Waals surface area contributed by atoms with Gasteiger partial charge in [0, 0.05) is 5.41 Å². The summed E-state index contributed by atoms with van der Waals surface area (Å²) in [5.41, 5.74) is 0.232. The van der Waals surface area contributed by atoms with Gasteiger partial charge in [0.2, 0.25) is 0 Å². The second kappa shape index (κ2) is 10.2. The summed E-state index contributed by atoms with van der Waals surface area (Å²) in [6.07, 6.45) is 6.03. The summed E-state index contributed by atoms with van der Waals surface area (Å²) in [5, 5.41) is 52.3. The van der Waals surface area contributed by atoms with E-state index in [-0.39, 0.29) is 52.8 Å². The zero-order chi connectivity index (χ0) is 31.4. The van der Waals surface area contributed by atoms with E-state index in [2.05, 4.69) is 47.6 Å². The van der Waals surface area contributed by atoms with Gasteiger partial charge in [0.15, 0.2) is 6.29 Å². The van der Waals surface area contributed by atoms with Gasteiger partial charge in [0.25, 0.3) is 0 Å². The van der Waals surface area contributed by atoms with Crippen molar-refractivity contribution in [1.82, 2.24) is 0 Å². The Morgan fingerprint density at radius 1 is 0.930 bits per heavy atom. The van der Waals surface area contributed by atoms with Gasteiger partial charge in [-0.25, -0.2) is 0 Å². The fourth-order valence-corrected chi connectivity index (χ4v) is 11.9. The number of aliphatic hydroxyl groups is 4. The highest BCUT2D eigenvalue weighted by Gasteiger charge is 2.70. The first-order chi connectivity index (χ1) is 20.0. The molecule has 4 saturated carbocycles. The molecule has 0 aromatic heterocycles. The van der Waals surface area contributed by atoms with Crippen LogP contribution in [0.25, 0.3) is 0 Å². The quantitative estimate of drug-likeness (QED) is 0.231. The van der Waals surface area contributed by atoms with E-state index >= 15 is 0 Å². The minimum Gasteiger partial charge on any atom is -0.481 e. The third kappa shape index (κ3) is 4.32. The lowest BCUT2D eigenvalue weighted by Gasteiger charge is -2.71. The summed E-state index contributed by atoms with van der Waals surface area (Å²) >= 11 is 0. The highest BCUT2D eigenvalue weighted by molar-refractivity contribution is 5.76. The van der Waals surface area contributed by atoms with Gasteiger partial charge in [-0.2, -0.15) is 0 Å². The smallest absolute Gasteiger partial charge is 0.310 e.